The summed E-state index contributed by atoms with van der Waals surface area (Å²) in [6, 6.07) is 12.8. The summed E-state index contributed by atoms with van der Waals surface area (Å²) in [5.41, 5.74) is 1.80. The van der Waals surface area contributed by atoms with Gasteiger partial charge in [-0.25, -0.2) is 9.29 Å². The summed E-state index contributed by atoms with van der Waals surface area (Å²) >= 11 is 0. The first kappa shape index (κ1) is 22.1. The second-order valence-electron chi connectivity index (χ2n) is 9.07. The molecule has 168 valence electrons. The first-order valence-electron chi connectivity index (χ1n) is 11.2. The van der Waals surface area contributed by atoms with Gasteiger partial charge in [-0.15, -0.1) is 0 Å². The van der Waals surface area contributed by atoms with Crippen molar-refractivity contribution in [3.05, 3.63) is 65.6 Å². The van der Waals surface area contributed by atoms with E-state index >= 15 is 0 Å². The van der Waals surface area contributed by atoms with Crippen LogP contribution in [0.15, 0.2) is 54.2 Å². The number of carbonyl (C=O) groups excluding carboxylic acids is 2. The van der Waals surface area contributed by atoms with Crippen LogP contribution in [-0.2, 0) is 9.59 Å². The van der Waals surface area contributed by atoms with E-state index in [1.807, 2.05) is 4.90 Å². The average Bonchev–Trinajstić information content (AvgIpc) is 3.03. The van der Waals surface area contributed by atoms with Crippen LogP contribution in [0.1, 0.15) is 39.2 Å². The molecule has 0 aliphatic carbocycles. The number of amides is 2. The molecule has 2 aliphatic rings. The molecule has 4 rings (SSSR count). The van der Waals surface area contributed by atoms with E-state index in [9.17, 15) is 14.0 Å². The molecule has 0 radical (unpaired) electrons. The zero-order valence-corrected chi connectivity index (χ0v) is 18.8. The monoisotopic (exact) mass is 436 g/mol. The number of hydrogen-bond acceptors (Lipinski definition) is 4. The van der Waals surface area contributed by atoms with E-state index in [-0.39, 0.29) is 17.6 Å². The van der Waals surface area contributed by atoms with Crippen molar-refractivity contribution in [1.29, 1.82) is 0 Å². The number of piperidine rings is 1. The molecular weight excluding hydrogens is 407 g/mol. The predicted octanol–water partition coefficient (Wildman–Crippen LogP) is 4.88. The summed E-state index contributed by atoms with van der Waals surface area (Å²) in [7, 11) is 0. The van der Waals surface area contributed by atoms with Crippen LogP contribution in [0.25, 0.3) is 5.57 Å². The highest BCUT2D eigenvalue weighted by molar-refractivity contribution is 6.45. The van der Waals surface area contributed by atoms with Gasteiger partial charge in [-0.1, -0.05) is 32.9 Å². The van der Waals surface area contributed by atoms with Gasteiger partial charge < -0.3 is 9.64 Å². The number of nitrogens with zero attached hydrogens (tertiary/aromatic N) is 2. The van der Waals surface area contributed by atoms with E-state index in [0.717, 1.165) is 25.9 Å². The molecule has 5 nitrogen and oxygen atoms in total. The number of anilines is 1. The molecule has 0 saturated carbocycles. The first-order valence-corrected chi connectivity index (χ1v) is 11.2. The Morgan fingerprint density at radius 3 is 2.34 bits per heavy atom. The minimum absolute atomic E-state index is 0.334. The van der Waals surface area contributed by atoms with Crippen molar-refractivity contribution in [2.45, 2.75) is 33.6 Å². The summed E-state index contributed by atoms with van der Waals surface area (Å²) in [5.74, 6) is 0.421. The fraction of sp³-hybridized carbons (Fsp3) is 0.385. The fourth-order valence-corrected chi connectivity index (χ4v) is 4.27. The molecule has 2 aromatic carbocycles. The van der Waals surface area contributed by atoms with Crippen molar-refractivity contribution in [2.24, 2.45) is 11.8 Å². The Bertz CT molecular complexity index is 1030. The summed E-state index contributed by atoms with van der Waals surface area (Å²) in [6.07, 6.45) is 2.06. The number of hydrogen-bond donors (Lipinski definition) is 0. The van der Waals surface area contributed by atoms with E-state index in [4.69, 9.17) is 4.74 Å². The molecule has 1 atom stereocenters. The third kappa shape index (κ3) is 4.40. The number of ether oxygens (including phenoxy) is 1. The Hall–Kier alpha value is -3.15. The molecule has 6 heteroatoms. The largest absolute Gasteiger partial charge is 0.493 e. The minimum atomic E-state index is -0.384. The number of carbonyl (C=O) groups is 2. The molecule has 0 spiro atoms. The van der Waals surface area contributed by atoms with E-state index in [1.165, 1.54) is 17.0 Å². The van der Waals surface area contributed by atoms with Crippen LogP contribution in [0.5, 0.6) is 5.75 Å². The lowest BCUT2D eigenvalue weighted by Gasteiger charge is -2.33. The summed E-state index contributed by atoms with van der Waals surface area (Å²) in [6.45, 7) is 8.32. The van der Waals surface area contributed by atoms with E-state index in [2.05, 4.69) is 20.8 Å². The lowest BCUT2D eigenvalue weighted by atomic mass is 9.98. The van der Waals surface area contributed by atoms with Gasteiger partial charge in [0.25, 0.3) is 11.8 Å². The fourth-order valence-electron chi connectivity index (χ4n) is 4.27. The topological polar surface area (TPSA) is 49.9 Å². The van der Waals surface area contributed by atoms with Gasteiger partial charge in [-0.3, -0.25) is 9.59 Å². The van der Waals surface area contributed by atoms with Gasteiger partial charge in [0.1, 0.15) is 17.3 Å². The number of halogens is 1. The molecule has 0 bridgehead atoms. The molecule has 1 saturated heterocycles. The predicted molar refractivity (Wildman–Crippen MR) is 123 cm³/mol. The first-order chi connectivity index (χ1) is 15.3. The molecule has 0 aromatic heterocycles. The second-order valence-corrected chi connectivity index (χ2v) is 9.07. The van der Waals surface area contributed by atoms with Gasteiger partial charge in [-0.05, 0) is 66.6 Å². The number of rotatable bonds is 6. The average molecular weight is 437 g/mol. The standard InChI is InChI=1S/C26H29FN2O3/c1-17(2)16-32-22-12-10-21(11-13-22)29-25(30)23(19-6-8-20(27)9-7-19)24(26(29)31)28-14-4-5-18(3)15-28/h6-13,17-18H,4-5,14-16H2,1-3H3. The lowest BCUT2D eigenvalue weighted by Crippen LogP contribution is -2.39. The quantitative estimate of drug-likeness (QED) is 0.606. The molecule has 2 aromatic rings. The maximum absolute atomic E-state index is 13.6. The van der Waals surface area contributed by atoms with Gasteiger partial charge in [0.05, 0.1) is 17.9 Å². The third-order valence-corrected chi connectivity index (χ3v) is 5.84. The van der Waals surface area contributed by atoms with Gasteiger partial charge in [-0.2, -0.15) is 0 Å². The van der Waals surface area contributed by atoms with Crippen molar-refractivity contribution >= 4 is 23.1 Å². The van der Waals surface area contributed by atoms with Crippen LogP contribution in [-0.4, -0.2) is 36.4 Å². The summed E-state index contributed by atoms with van der Waals surface area (Å²) in [5, 5.41) is 0. The normalized spacial score (nSPS) is 19.3. The van der Waals surface area contributed by atoms with E-state index < -0.39 is 0 Å². The highest BCUT2D eigenvalue weighted by Crippen LogP contribution is 2.37. The van der Waals surface area contributed by atoms with Crippen LogP contribution >= 0.6 is 0 Å². The molecular formula is C26H29FN2O3. The van der Waals surface area contributed by atoms with Crippen molar-refractivity contribution < 1.29 is 18.7 Å². The molecule has 2 heterocycles. The highest BCUT2D eigenvalue weighted by atomic mass is 19.1. The van der Waals surface area contributed by atoms with Crippen LogP contribution in [0.2, 0.25) is 0 Å². The zero-order chi connectivity index (χ0) is 22.8. The van der Waals surface area contributed by atoms with Crippen LogP contribution in [0, 0.1) is 17.7 Å². The van der Waals surface area contributed by atoms with E-state index in [0.29, 0.717) is 46.7 Å². The van der Waals surface area contributed by atoms with Crippen LogP contribution < -0.4 is 9.64 Å². The SMILES string of the molecule is CC(C)COc1ccc(N2C(=O)C(c3ccc(F)cc3)=C(N3CCCC(C)C3)C2=O)cc1. The number of likely N-dealkylation sites (tertiary alicyclic amines) is 1. The van der Waals surface area contributed by atoms with E-state index in [1.54, 1.807) is 36.4 Å². The Morgan fingerprint density at radius 1 is 1.03 bits per heavy atom. The second kappa shape index (κ2) is 9.15. The van der Waals surface area contributed by atoms with Crippen LogP contribution in [0.3, 0.4) is 0 Å². The zero-order valence-electron chi connectivity index (χ0n) is 18.8. The lowest BCUT2D eigenvalue weighted by molar-refractivity contribution is -0.120. The van der Waals surface area contributed by atoms with Crippen molar-refractivity contribution in [3.8, 4) is 5.75 Å². The Kier molecular flexibility index (Phi) is 6.31. The van der Waals surface area contributed by atoms with Crippen molar-refractivity contribution in [1.82, 2.24) is 4.90 Å². The maximum Gasteiger partial charge on any atom is 0.282 e. The maximum atomic E-state index is 13.6. The van der Waals surface area contributed by atoms with Gasteiger partial charge in [0.2, 0.25) is 0 Å². The van der Waals surface area contributed by atoms with Gasteiger partial charge >= 0.3 is 0 Å². The number of imide groups is 1. The minimum Gasteiger partial charge on any atom is -0.493 e. The molecule has 32 heavy (non-hydrogen) atoms. The Morgan fingerprint density at radius 2 is 1.72 bits per heavy atom. The Balaban J connectivity index is 1.69. The molecule has 1 fully saturated rings. The van der Waals surface area contributed by atoms with Crippen molar-refractivity contribution in [2.75, 3.05) is 24.6 Å². The highest BCUT2D eigenvalue weighted by Gasteiger charge is 2.43. The molecule has 2 amide bonds. The van der Waals surface area contributed by atoms with Crippen molar-refractivity contribution in [3.63, 3.8) is 0 Å². The molecule has 2 aliphatic heterocycles. The smallest absolute Gasteiger partial charge is 0.282 e. The van der Waals surface area contributed by atoms with Gasteiger partial charge in [0.15, 0.2) is 0 Å². The number of benzene rings is 2. The summed E-state index contributed by atoms with van der Waals surface area (Å²) < 4.78 is 19.3. The third-order valence-electron chi connectivity index (χ3n) is 5.84. The summed E-state index contributed by atoms with van der Waals surface area (Å²) in [4.78, 5) is 30.3. The molecule has 0 N–H and O–H groups in total. The van der Waals surface area contributed by atoms with Crippen LogP contribution in [0.4, 0.5) is 10.1 Å². The Labute approximate surface area is 188 Å². The molecule has 1 unspecified atom stereocenters. The van der Waals surface area contributed by atoms with Gasteiger partial charge in [0, 0.05) is 13.1 Å².